The number of piperidine rings is 2. The average Bonchev–Trinajstić information content (AvgIpc) is 3.36. The first-order valence-electron chi connectivity index (χ1n) is 12.3. The third-order valence-electron chi connectivity index (χ3n) is 7.70. The van der Waals surface area contributed by atoms with Crippen molar-refractivity contribution in [2.75, 3.05) is 49.1 Å². The van der Waals surface area contributed by atoms with Crippen molar-refractivity contribution in [1.29, 1.82) is 0 Å². The summed E-state index contributed by atoms with van der Waals surface area (Å²) in [4.78, 5) is 47.4. The minimum atomic E-state index is -0.203. The van der Waals surface area contributed by atoms with Crippen LogP contribution in [0.1, 0.15) is 62.2 Å². The third kappa shape index (κ3) is 3.86. The quantitative estimate of drug-likeness (QED) is 0.728. The summed E-state index contributed by atoms with van der Waals surface area (Å²) in [5, 5.41) is 0. The molecule has 1 aromatic rings. The van der Waals surface area contributed by atoms with Crippen LogP contribution < -0.4 is 9.80 Å². The lowest BCUT2D eigenvalue weighted by Crippen LogP contribution is -2.57. The molecule has 1 atom stereocenters. The molecule has 0 saturated carbocycles. The molecule has 7 nitrogen and oxygen atoms in total. The minimum absolute atomic E-state index is 0.00157. The van der Waals surface area contributed by atoms with E-state index < -0.39 is 0 Å². The highest BCUT2D eigenvalue weighted by atomic mass is 16.2. The van der Waals surface area contributed by atoms with Crippen LogP contribution in [-0.4, -0.2) is 72.8 Å². The van der Waals surface area contributed by atoms with E-state index in [1.54, 1.807) is 4.90 Å². The van der Waals surface area contributed by atoms with E-state index >= 15 is 0 Å². The molecular weight excluding hydrogens is 404 g/mol. The topological polar surface area (TPSA) is 64.2 Å². The summed E-state index contributed by atoms with van der Waals surface area (Å²) in [7, 11) is 0. The van der Waals surface area contributed by atoms with Gasteiger partial charge in [0.2, 0.25) is 11.8 Å². The molecule has 5 rings (SSSR count). The lowest BCUT2D eigenvalue weighted by atomic mass is 9.95. The predicted molar refractivity (Wildman–Crippen MR) is 124 cm³/mol. The van der Waals surface area contributed by atoms with E-state index in [-0.39, 0.29) is 30.3 Å². The van der Waals surface area contributed by atoms with Crippen molar-refractivity contribution in [3.63, 3.8) is 0 Å². The Morgan fingerprint density at radius 2 is 1.59 bits per heavy atom. The maximum absolute atomic E-state index is 13.5. The van der Waals surface area contributed by atoms with Crippen LogP contribution in [-0.2, 0) is 9.59 Å². The van der Waals surface area contributed by atoms with Crippen LogP contribution in [0.5, 0.6) is 0 Å². The van der Waals surface area contributed by atoms with Gasteiger partial charge in [0.05, 0.1) is 11.4 Å². The lowest BCUT2D eigenvalue weighted by molar-refractivity contribution is -0.133. The number of anilines is 2. The van der Waals surface area contributed by atoms with Gasteiger partial charge in [-0.25, -0.2) is 0 Å². The number of hydrogen-bond acceptors (Lipinski definition) is 4. The second kappa shape index (κ2) is 8.75. The first-order valence-corrected chi connectivity index (χ1v) is 12.3. The molecule has 3 amide bonds. The fraction of sp³-hybridized carbons (Fsp3) is 0.640. The fourth-order valence-corrected chi connectivity index (χ4v) is 5.65. The van der Waals surface area contributed by atoms with Crippen molar-refractivity contribution in [2.45, 2.75) is 57.9 Å². The molecule has 4 aliphatic heterocycles. The zero-order chi connectivity index (χ0) is 22.2. The fourth-order valence-electron chi connectivity index (χ4n) is 5.65. The lowest BCUT2D eigenvalue weighted by Gasteiger charge is -2.45. The summed E-state index contributed by atoms with van der Waals surface area (Å²) in [6, 6.07) is 5.53. The summed E-state index contributed by atoms with van der Waals surface area (Å²) < 4.78 is 0. The second-order valence-corrected chi connectivity index (χ2v) is 9.90. The van der Waals surface area contributed by atoms with E-state index in [1.807, 2.05) is 28.0 Å². The SMILES string of the molecule is CC1CCN(C(=O)CN2C(=O)C3CCCCN3c3ccc(C(=O)N4CCCC4)cc32)CC1. The predicted octanol–water partition coefficient (Wildman–Crippen LogP) is 2.89. The average molecular weight is 439 g/mol. The van der Waals surface area contributed by atoms with Gasteiger partial charge in [0, 0.05) is 38.3 Å². The molecule has 0 radical (unpaired) electrons. The molecule has 3 saturated heterocycles. The molecule has 172 valence electrons. The number of nitrogens with zero attached hydrogens (tertiary/aromatic N) is 4. The van der Waals surface area contributed by atoms with Gasteiger partial charge in [0.15, 0.2) is 0 Å². The summed E-state index contributed by atoms with van der Waals surface area (Å²) in [6.07, 6.45) is 7.02. The largest absolute Gasteiger partial charge is 0.358 e. The summed E-state index contributed by atoms with van der Waals surface area (Å²) >= 11 is 0. The minimum Gasteiger partial charge on any atom is -0.358 e. The number of rotatable bonds is 3. The number of fused-ring (bicyclic) bond motifs is 3. The summed E-state index contributed by atoms with van der Waals surface area (Å²) in [5.41, 5.74) is 2.31. The maximum atomic E-state index is 13.5. The van der Waals surface area contributed by atoms with Gasteiger partial charge >= 0.3 is 0 Å². The molecular formula is C25H34N4O3. The Hall–Kier alpha value is -2.57. The van der Waals surface area contributed by atoms with Crippen molar-refractivity contribution in [3.8, 4) is 0 Å². The van der Waals surface area contributed by atoms with E-state index in [2.05, 4.69) is 11.8 Å². The monoisotopic (exact) mass is 438 g/mol. The van der Waals surface area contributed by atoms with Gasteiger partial charge in [-0.2, -0.15) is 0 Å². The van der Waals surface area contributed by atoms with Gasteiger partial charge in [-0.1, -0.05) is 6.92 Å². The number of amides is 3. The normalized spacial score (nSPS) is 23.9. The van der Waals surface area contributed by atoms with Crippen molar-refractivity contribution in [2.24, 2.45) is 5.92 Å². The highest BCUT2D eigenvalue weighted by molar-refractivity contribution is 6.09. The van der Waals surface area contributed by atoms with Crippen molar-refractivity contribution in [1.82, 2.24) is 9.80 Å². The molecule has 0 bridgehead atoms. The molecule has 4 aliphatic rings. The molecule has 0 aromatic heterocycles. The molecule has 0 spiro atoms. The van der Waals surface area contributed by atoms with Crippen LogP contribution in [0.2, 0.25) is 0 Å². The van der Waals surface area contributed by atoms with Gasteiger partial charge in [-0.15, -0.1) is 0 Å². The molecule has 7 heteroatoms. The van der Waals surface area contributed by atoms with Gasteiger partial charge < -0.3 is 14.7 Å². The van der Waals surface area contributed by atoms with Crippen LogP contribution in [0.4, 0.5) is 11.4 Å². The smallest absolute Gasteiger partial charge is 0.253 e. The Balaban J connectivity index is 1.45. The van der Waals surface area contributed by atoms with Crippen molar-refractivity contribution in [3.05, 3.63) is 23.8 Å². The van der Waals surface area contributed by atoms with E-state index in [1.165, 1.54) is 0 Å². The molecule has 1 unspecified atom stereocenters. The van der Waals surface area contributed by atoms with E-state index in [0.717, 1.165) is 89.0 Å². The van der Waals surface area contributed by atoms with E-state index in [0.29, 0.717) is 11.5 Å². The van der Waals surface area contributed by atoms with Crippen LogP contribution in [0.15, 0.2) is 18.2 Å². The van der Waals surface area contributed by atoms with Crippen LogP contribution in [0.3, 0.4) is 0 Å². The molecule has 1 aromatic carbocycles. The number of carbonyl (C=O) groups is 3. The zero-order valence-corrected chi connectivity index (χ0v) is 19.1. The molecule has 0 N–H and O–H groups in total. The molecule has 0 aliphatic carbocycles. The Labute approximate surface area is 190 Å². The second-order valence-electron chi connectivity index (χ2n) is 9.90. The molecule has 4 heterocycles. The maximum Gasteiger partial charge on any atom is 0.253 e. The Morgan fingerprint density at radius 3 is 2.34 bits per heavy atom. The summed E-state index contributed by atoms with van der Waals surface area (Å²) in [6.45, 7) is 6.23. The van der Waals surface area contributed by atoms with Gasteiger partial charge in [0.25, 0.3) is 5.91 Å². The zero-order valence-electron chi connectivity index (χ0n) is 19.1. The van der Waals surface area contributed by atoms with Gasteiger partial charge in [-0.05, 0) is 69.1 Å². The van der Waals surface area contributed by atoms with Crippen LogP contribution in [0.25, 0.3) is 0 Å². The van der Waals surface area contributed by atoms with E-state index in [9.17, 15) is 14.4 Å². The van der Waals surface area contributed by atoms with E-state index in [4.69, 9.17) is 0 Å². The number of likely N-dealkylation sites (tertiary alicyclic amines) is 2. The van der Waals surface area contributed by atoms with Gasteiger partial charge in [-0.3, -0.25) is 19.3 Å². The third-order valence-corrected chi connectivity index (χ3v) is 7.70. The van der Waals surface area contributed by atoms with Crippen molar-refractivity contribution >= 4 is 29.1 Å². The van der Waals surface area contributed by atoms with Gasteiger partial charge in [0.1, 0.15) is 12.6 Å². The standard InChI is InChI=1S/C25H34N4O3/c1-18-9-14-26(15-10-18)23(30)17-29-22-16-19(24(31)27-11-4-5-12-27)7-8-20(22)28-13-3-2-6-21(28)25(29)32/h7-8,16,18,21H,2-6,9-15,17H2,1H3. The molecule has 3 fully saturated rings. The van der Waals surface area contributed by atoms with Crippen LogP contribution >= 0.6 is 0 Å². The number of hydrogen-bond donors (Lipinski definition) is 0. The first-order chi connectivity index (χ1) is 15.5. The first kappa shape index (κ1) is 21.3. The number of benzene rings is 1. The summed E-state index contributed by atoms with van der Waals surface area (Å²) in [5.74, 6) is 0.680. The Bertz CT molecular complexity index is 902. The van der Waals surface area contributed by atoms with Crippen molar-refractivity contribution < 1.29 is 14.4 Å². The highest BCUT2D eigenvalue weighted by Crippen LogP contribution is 2.40. The Morgan fingerprint density at radius 1 is 0.875 bits per heavy atom. The van der Waals surface area contributed by atoms with Crippen LogP contribution in [0, 0.1) is 5.92 Å². The molecule has 32 heavy (non-hydrogen) atoms. The highest BCUT2D eigenvalue weighted by Gasteiger charge is 2.41. The Kier molecular flexibility index (Phi) is 5.82. The number of carbonyl (C=O) groups excluding carboxylic acids is 3.